The Labute approximate surface area is 252 Å². The molecule has 0 saturated carbocycles. The maximum atomic E-state index is 10.6. The van der Waals surface area contributed by atoms with E-state index in [1.165, 1.54) is 6.33 Å². The number of methoxy groups -OCH3 is 2. The summed E-state index contributed by atoms with van der Waals surface area (Å²) in [6.45, 7) is 18.0. The predicted molar refractivity (Wildman–Crippen MR) is 171 cm³/mol. The number of ether oxygens (including phenoxy) is 2. The predicted octanol–water partition coefficient (Wildman–Crippen LogP) is 5.77. The maximum absolute atomic E-state index is 10.6. The van der Waals surface area contributed by atoms with Crippen LogP contribution in [0.15, 0.2) is 48.8 Å². The molecule has 0 unspecified atom stereocenters. The van der Waals surface area contributed by atoms with Crippen LogP contribution in [0.25, 0.3) is 22.5 Å². The molecule has 0 fully saturated rings. The van der Waals surface area contributed by atoms with E-state index in [-0.39, 0.29) is 13.8 Å². The van der Waals surface area contributed by atoms with Gasteiger partial charge >= 0.3 is 13.8 Å². The molecule has 1 aromatic heterocycles. The van der Waals surface area contributed by atoms with Crippen molar-refractivity contribution in [3.63, 3.8) is 0 Å². The molecule has 0 radical (unpaired) electrons. The average molecular weight is 576 g/mol. The highest BCUT2D eigenvalue weighted by Crippen LogP contribution is 2.43. The molecule has 0 atom stereocenters. The molecule has 0 bridgehead atoms. The summed E-state index contributed by atoms with van der Waals surface area (Å²) in [6.07, 6.45) is 1.54. The van der Waals surface area contributed by atoms with Crippen molar-refractivity contribution in [2.24, 2.45) is 0 Å². The summed E-state index contributed by atoms with van der Waals surface area (Å²) in [6, 6.07) is 13.5. The molecule has 8 nitrogen and oxygen atoms in total. The third kappa shape index (κ3) is 7.10. The summed E-state index contributed by atoms with van der Waals surface area (Å²) in [7, 11) is 3.23. The lowest BCUT2D eigenvalue weighted by Gasteiger charge is -2.39. The first-order valence-corrected chi connectivity index (χ1v) is 14.3. The highest BCUT2D eigenvalue weighted by Gasteiger charge is 2.45. The Kier molecular flexibility index (Phi) is 9.77. The van der Waals surface area contributed by atoms with E-state index in [1.54, 1.807) is 41.9 Å². The van der Waals surface area contributed by atoms with E-state index >= 15 is 0 Å². The first-order chi connectivity index (χ1) is 19.3. The van der Waals surface area contributed by atoms with Gasteiger partial charge in [0, 0.05) is 16.4 Å². The average Bonchev–Trinajstić information content (AvgIpc) is 2.91. The normalized spacial score (nSPS) is 12.6. The van der Waals surface area contributed by atoms with E-state index in [4.69, 9.17) is 18.8 Å². The van der Waals surface area contributed by atoms with Crippen LogP contribution in [0.5, 0.6) is 17.2 Å². The second-order valence-corrected chi connectivity index (χ2v) is 13.0. The van der Waals surface area contributed by atoms with Crippen molar-refractivity contribution in [1.29, 1.82) is 0 Å². The quantitative estimate of drug-likeness (QED) is 0.262. The van der Waals surface area contributed by atoms with Crippen molar-refractivity contribution in [3.8, 4) is 39.8 Å². The van der Waals surface area contributed by atoms with E-state index in [0.29, 0.717) is 17.2 Å². The minimum absolute atomic E-state index is 0.282. The number of benzene rings is 2. The number of aromatic nitrogens is 2. The number of rotatable bonds is 12. The standard InChI is InChI=1S/C32H46B2N2O6/c1-29(2,30(3,4)37)34(10)41-26-16-14-22(18-28(26)40-12)25-19-24(35-20-36-25)21-13-15-23(27(17-21)39-11)33(9)42-32(7,8)31(5,6)38/h13-20,37-38H,1-12H3. The maximum Gasteiger partial charge on any atom is 0.363 e. The van der Waals surface area contributed by atoms with Crippen molar-refractivity contribution in [2.75, 3.05) is 14.2 Å². The molecule has 0 aliphatic carbocycles. The molecular weight excluding hydrogens is 530 g/mol. The molecule has 3 rings (SSSR count). The molecule has 0 spiro atoms. The number of nitrogens with zero attached hydrogens (tertiary/aromatic N) is 2. The largest absolute Gasteiger partial charge is 0.558 e. The van der Waals surface area contributed by atoms with E-state index in [1.807, 2.05) is 83.8 Å². The Bertz CT molecular complexity index is 1380. The van der Waals surface area contributed by atoms with Gasteiger partial charge in [0.25, 0.3) is 0 Å². The smallest absolute Gasteiger partial charge is 0.363 e. The summed E-state index contributed by atoms with van der Waals surface area (Å²) >= 11 is 0. The van der Waals surface area contributed by atoms with E-state index < -0.39 is 22.1 Å². The Morgan fingerprint density at radius 2 is 1.19 bits per heavy atom. The number of hydrogen-bond donors (Lipinski definition) is 2. The van der Waals surface area contributed by atoms with Gasteiger partial charge in [-0.3, -0.25) is 0 Å². The van der Waals surface area contributed by atoms with Crippen LogP contribution < -0.4 is 19.6 Å². The highest BCUT2D eigenvalue weighted by atomic mass is 16.5. The molecule has 1 heterocycles. The fraction of sp³-hybridized carbons (Fsp3) is 0.500. The van der Waals surface area contributed by atoms with Crippen LogP contribution in [0.1, 0.15) is 55.4 Å². The SMILES string of the molecule is COc1cc(-c2cc(-c3ccc(B(C)OC(C)(C)C(C)(C)O)c(OC)c3)ncn2)ccc1OB(C)C(C)(C)C(C)(C)O. The van der Waals surface area contributed by atoms with Crippen LogP contribution >= 0.6 is 0 Å². The van der Waals surface area contributed by atoms with E-state index in [9.17, 15) is 10.2 Å². The van der Waals surface area contributed by atoms with Gasteiger partial charge in [-0.15, -0.1) is 0 Å². The fourth-order valence-electron chi connectivity index (χ4n) is 4.29. The molecule has 0 aliphatic heterocycles. The van der Waals surface area contributed by atoms with Gasteiger partial charge in [-0.2, -0.15) is 0 Å². The molecule has 2 N–H and O–H groups in total. The second-order valence-electron chi connectivity index (χ2n) is 13.0. The molecule has 3 aromatic rings. The zero-order valence-corrected chi connectivity index (χ0v) is 27.2. The minimum atomic E-state index is -1.02. The molecule has 0 amide bonds. The Morgan fingerprint density at radius 1 is 0.667 bits per heavy atom. The Hall–Kier alpha value is -3.07. The van der Waals surface area contributed by atoms with Crippen LogP contribution in [0.4, 0.5) is 0 Å². The number of aliphatic hydroxyl groups is 2. The third-order valence-electron chi connectivity index (χ3n) is 8.94. The van der Waals surface area contributed by atoms with Crippen LogP contribution in [0, 0.1) is 0 Å². The Balaban J connectivity index is 1.90. The second kappa shape index (κ2) is 12.3. The van der Waals surface area contributed by atoms with Crippen molar-refractivity contribution < 1.29 is 29.0 Å². The highest BCUT2D eigenvalue weighted by molar-refractivity contribution is 6.67. The zero-order valence-electron chi connectivity index (χ0n) is 27.2. The molecule has 226 valence electrons. The monoisotopic (exact) mass is 576 g/mol. The van der Waals surface area contributed by atoms with Crippen LogP contribution in [-0.2, 0) is 4.65 Å². The minimum Gasteiger partial charge on any atom is -0.558 e. The summed E-state index contributed by atoms with van der Waals surface area (Å²) in [5.41, 5.74) is 1.30. The number of hydrogen-bond acceptors (Lipinski definition) is 8. The van der Waals surface area contributed by atoms with Gasteiger partial charge in [0.05, 0.1) is 42.4 Å². The van der Waals surface area contributed by atoms with Gasteiger partial charge in [-0.05, 0) is 84.2 Å². The topological polar surface area (TPSA) is 103 Å². The lowest BCUT2D eigenvalue weighted by molar-refractivity contribution is -0.0918. The summed E-state index contributed by atoms with van der Waals surface area (Å²) in [5.74, 6) is 1.82. The summed E-state index contributed by atoms with van der Waals surface area (Å²) in [5, 5.41) is 20.7. The molecule has 2 aromatic carbocycles. The lowest BCUT2D eigenvalue weighted by atomic mass is 9.43. The van der Waals surface area contributed by atoms with Crippen molar-refractivity contribution >= 4 is 19.3 Å². The summed E-state index contributed by atoms with van der Waals surface area (Å²) < 4.78 is 23.9. The van der Waals surface area contributed by atoms with Gasteiger partial charge in [0.15, 0.2) is 5.75 Å². The van der Waals surface area contributed by atoms with Gasteiger partial charge in [0.1, 0.15) is 17.8 Å². The van der Waals surface area contributed by atoms with Gasteiger partial charge in [0.2, 0.25) is 0 Å². The molecule has 10 heteroatoms. The first-order valence-electron chi connectivity index (χ1n) is 14.3. The summed E-state index contributed by atoms with van der Waals surface area (Å²) in [4.78, 5) is 9.02. The van der Waals surface area contributed by atoms with Gasteiger partial charge < -0.3 is 29.0 Å². The van der Waals surface area contributed by atoms with Gasteiger partial charge in [-0.1, -0.05) is 32.8 Å². The van der Waals surface area contributed by atoms with Crippen molar-refractivity contribution in [1.82, 2.24) is 9.97 Å². The third-order valence-corrected chi connectivity index (χ3v) is 8.94. The molecule has 0 aliphatic rings. The van der Waals surface area contributed by atoms with Crippen molar-refractivity contribution in [2.45, 2.75) is 91.2 Å². The molecular formula is C32H46B2N2O6. The molecule has 0 saturated heterocycles. The van der Waals surface area contributed by atoms with Crippen LogP contribution in [-0.4, -0.2) is 65.0 Å². The zero-order chi connectivity index (χ0) is 31.7. The Morgan fingerprint density at radius 3 is 1.69 bits per heavy atom. The van der Waals surface area contributed by atoms with E-state index in [2.05, 4.69) is 9.97 Å². The first kappa shape index (κ1) is 33.4. The van der Waals surface area contributed by atoms with E-state index in [0.717, 1.165) is 28.0 Å². The van der Waals surface area contributed by atoms with Crippen LogP contribution in [0.3, 0.4) is 0 Å². The van der Waals surface area contributed by atoms with Crippen molar-refractivity contribution in [3.05, 3.63) is 48.8 Å². The lowest BCUT2D eigenvalue weighted by Crippen LogP contribution is -2.52. The molecule has 42 heavy (non-hydrogen) atoms. The van der Waals surface area contributed by atoms with Crippen LogP contribution in [0.2, 0.25) is 19.0 Å². The fourth-order valence-corrected chi connectivity index (χ4v) is 4.29. The van der Waals surface area contributed by atoms with Gasteiger partial charge in [-0.25, -0.2) is 9.97 Å².